The highest BCUT2D eigenvalue weighted by molar-refractivity contribution is 6.00. The Morgan fingerprint density at radius 2 is 1.68 bits per heavy atom. The number of aromatic nitrogens is 4. The van der Waals surface area contributed by atoms with Crippen LogP contribution in [0.15, 0.2) is 79.1 Å². The van der Waals surface area contributed by atoms with E-state index in [-0.39, 0.29) is 18.2 Å². The molecular formula is C27H26N6O4. The molecule has 10 heteroatoms. The Balaban J connectivity index is 1.49. The average Bonchev–Trinajstić information content (AvgIpc) is 3.48. The van der Waals surface area contributed by atoms with E-state index in [0.29, 0.717) is 29.3 Å². The summed E-state index contributed by atoms with van der Waals surface area (Å²) in [6.07, 6.45) is 2.15. The standard InChI is InChI=1S/C27H26N6O4/c1-36-21-13-11-20(12-14-21)33-25(34)16-15-23(26(33)22-5-3-4-6-24(22)37-2)27(35)29-18-7-9-19(10-8-18)32-17-28-30-31-32/h3-14,17,23,26H,15-16H2,1-2H3,(H,29,35). The van der Waals surface area contributed by atoms with Crippen LogP contribution >= 0.6 is 0 Å². The lowest BCUT2D eigenvalue weighted by molar-refractivity contribution is -0.125. The van der Waals surface area contributed by atoms with Crippen molar-refractivity contribution in [2.75, 3.05) is 24.4 Å². The number of piperidine rings is 1. The van der Waals surface area contributed by atoms with Gasteiger partial charge in [0, 0.05) is 23.4 Å². The topological polar surface area (TPSA) is 111 Å². The van der Waals surface area contributed by atoms with E-state index in [9.17, 15) is 9.59 Å². The second-order valence-corrected chi connectivity index (χ2v) is 8.58. The zero-order valence-electron chi connectivity index (χ0n) is 20.4. The molecule has 2 atom stereocenters. The van der Waals surface area contributed by atoms with Crippen molar-refractivity contribution < 1.29 is 19.1 Å². The summed E-state index contributed by atoms with van der Waals surface area (Å²) in [6.45, 7) is 0. The molecule has 0 spiro atoms. The van der Waals surface area contributed by atoms with Crippen molar-refractivity contribution in [3.05, 3.63) is 84.7 Å². The first-order valence-electron chi connectivity index (χ1n) is 11.8. The highest BCUT2D eigenvalue weighted by Gasteiger charge is 2.42. The van der Waals surface area contributed by atoms with Crippen LogP contribution in [-0.2, 0) is 9.59 Å². The molecule has 188 valence electrons. The molecule has 0 bridgehead atoms. The van der Waals surface area contributed by atoms with Gasteiger partial charge in [-0.2, -0.15) is 0 Å². The lowest BCUT2D eigenvalue weighted by Crippen LogP contribution is -2.47. The first kappa shape index (κ1) is 24.0. The van der Waals surface area contributed by atoms with Crippen molar-refractivity contribution >= 4 is 23.2 Å². The van der Waals surface area contributed by atoms with Crippen molar-refractivity contribution in [2.45, 2.75) is 18.9 Å². The van der Waals surface area contributed by atoms with Crippen LogP contribution in [0.25, 0.3) is 5.69 Å². The molecule has 37 heavy (non-hydrogen) atoms. The number of carbonyl (C=O) groups excluding carboxylic acids is 2. The van der Waals surface area contributed by atoms with Crippen molar-refractivity contribution in [2.24, 2.45) is 5.92 Å². The van der Waals surface area contributed by atoms with E-state index >= 15 is 0 Å². The van der Waals surface area contributed by atoms with Gasteiger partial charge in [0.2, 0.25) is 11.8 Å². The van der Waals surface area contributed by atoms with Crippen LogP contribution in [0.3, 0.4) is 0 Å². The highest BCUT2D eigenvalue weighted by atomic mass is 16.5. The van der Waals surface area contributed by atoms with E-state index < -0.39 is 12.0 Å². The van der Waals surface area contributed by atoms with Gasteiger partial charge in [-0.1, -0.05) is 18.2 Å². The van der Waals surface area contributed by atoms with E-state index in [2.05, 4.69) is 20.8 Å². The summed E-state index contributed by atoms with van der Waals surface area (Å²) in [4.78, 5) is 28.7. The van der Waals surface area contributed by atoms with Crippen LogP contribution in [-0.4, -0.2) is 46.2 Å². The number of carbonyl (C=O) groups is 2. The van der Waals surface area contributed by atoms with Gasteiger partial charge in [0.1, 0.15) is 17.8 Å². The summed E-state index contributed by atoms with van der Waals surface area (Å²) in [6, 6.07) is 21.4. The van der Waals surface area contributed by atoms with Crippen LogP contribution in [0, 0.1) is 5.92 Å². The fourth-order valence-electron chi connectivity index (χ4n) is 4.69. The zero-order chi connectivity index (χ0) is 25.8. The van der Waals surface area contributed by atoms with E-state index in [4.69, 9.17) is 9.47 Å². The second-order valence-electron chi connectivity index (χ2n) is 8.58. The third kappa shape index (κ3) is 4.86. The summed E-state index contributed by atoms with van der Waals surface area (Å²) >= 11 is 0. The SMILES string of the molecule is COc1ccc(N2C(=O)CCC(C(=O)Nc3ccc(-n4cnnn4)cc3)C2c2ccccc2OC)cc1. The van der Waals surface area contributed by atoms with E-state index in [1.54, 1.807) is 43.4 Å². The van der Waals surface area contributed by atoms with Gasteiger partial charge in [-0.3, -0.25) is 9.59 Å². The van der Waals surface area contributed by atoms with Gasteiger partial charge >= 0.3 is 0 Å². The van der Waals surface area contributed by atoms with Gasteiger partial charge in [0.15, 0.2) is 0 Å². The molecule has 10 nitrogen and oxygen atoms in total. The minimum absolute atomic E-state index is 0.0593. The number of para-hydroxylation sites is 1. The summed E-state index contributed by atoms with van der Waals surface area (Å²) in [7, 11) is 3.18. The summed E-state index contributed by atoms with van der Waals surface area (Å²) < 4.78 is 12.5. The maximum Gasteiger partial charge on any atom is 0.229 e. The van der Waals surface area contributed by atoms with Crippen LogP contribution in [0.2, 0.25) is 0 Å². The van der Waals surface area contributed by atoms with Gasteiger partial charge in [-0.15, -0.1) is 5.10 Å². The predicted molar refractivity (Wildman–Crippen MR) is 137 cm³/mol. The maximum atomic E-state index is 13.7. The molecule has 0 radical (unpaired) electrons. The third-order valence-electron chi connectivity index (χ3n) is 6.49. The summed E-state index contributed by atoms with van der Waals surface area (Å²) in [5.74, 6) is 0.536. The Labute approximate surface area is 213 Å². The molecule has 2 amide bonds. The number of methoxy groups -OCH3 is 2. The lowest BCUT2D eigenvalue weighted by Gasteiger charge is -2.41. The number of nitrogens with one attached hydrogen (secondary N) is 1. The zero-order valence-corrected chi connectivity index (χ0v) is 20.4. The van der Waals surface area contributed by atoms with E-state index in [1.807, 2.05) is 48.5 Å². The second kappa shape index (κ2) is 10.5. The summed E-state index contributed by atoms with van der Waals surface area (Å²) in [5.41, 5.74) is 2.85. The molecule has 1 aliphatic rings. The van der Waals surface area contributed by atoms with Gasteiger partial charge in [0.05, 0.1) is 31.9 Å². The van der Waals surface area contributed by atoms with Gasteiger partial charge < -0.3 is 19.7 Å². The van der Waals surface area contributed by atoms with E-state index in [0.717, 1.165) is 11.3 Å². The molecule has 0 aliphatic carbocycles. The molecule has 2 heterocycles. The Bertz CT molecular complexity index is 1370. The normalized spacial score (nSPS) is 17.4. The molecule has 3 aromatic carbocycles. The quantitative estimate of drug-likeness (QED) is 0.412. The first-order chi connectivity index (χ1) is 18.1. The van der Waals surface area contributed by atoms with Gasteiger partial charge in [0.25, 0.3) is 0 Å². The number of benzene rings is 3. The molecule has 1 fully saturated rings. The van der Waals surface area contributed by atoms with Gasteiger partial charge in [-0.25, -0.2) is 4.68 Å². The average molecular weight is 499 g/mol. The Kier molecular flexibility index (Phi) is 6.80. The fraction of sp³-hybridized carbons (Fsp3) is 0.222. The number of hydrogen-bond acceptors (Lipinski definition) is 7. The van der Waals surface area contributed by atoms with Crippen LogP contribution in [0.1, 0.15) is 24.4 Å². The maximum absolute atomic E-state index is 13.7. The van der Waals surface area contributed by atoms with Crippen molar-refractivity contribution in [3.63, 3.8) is 0 Å². The van der Waals surface area contributed by atoms with Crippen LogP contribution < -0.4 is 19.7 Å². The van der Waals surface area contributed by atoms with Crippen LogP contribution in [0.4, 0.5) is 11.4 Å². The number of anilines is 2. The Hall–Kier alpha value is -4.73. The number of rotatable bonds is 7. The Morgan fingerprint density at radius 1 is 0.946 bits per heavy atom. The number of hydrogen-bond donors (Lipinski definition) is 1. The fourth-order valence-corrected chi connectivity index (χ4v) is 4.69. The summed E-state index contributed by atoms with van der Waals surface area (Å²) in [5, 5.41) is 14.2. The Morgan fingerprint density at radius 3 is 2.35 bits per heavy atom. The highest BCUT2D eigenvalue weighted by Crippen LogP contribution is 2.43. The predicted octanol–water partition coefficient (Wildman–Crippen LogP) is 3.80. The molecule has 0 saturated carbocycles. The number of nitrogens with zero attached hydrogens (tertiary/aromatic N) is 5. The molecular weight excluding hydrogens is 472 g/mol. The molecule has 5 rings (SSSR count). The van der Waals surface area contributed by atoms with Gasteiger partial charge in [-0.05, 0) is 71.4 Å². The molecule has 1 aromatic heterocycles. The lowest BCUT2D eigenvalue weighted by atomic mass is 9.82. The number of amides is 2. The molecule has 4 aromatic rings. The largest absolute Gasteiger partial charge is 0.497 e. The molecule has 1 saturated heterocycles. The number of ether oxygens (including phenoxy) is 2. The molecule has 1 aliphatic heterocycles. The number of tetrazole rings is 1. The molecule has 2 unspecified atom stereocenters. The smallest absolute Gasteiger partial charge is 0.229 e. The minimum Gasteiger partial charge on any atom is -0.497 e. The van der Waals surface area contributed by atoms with Crippen molar-refractivity contribution in [3.8, 4) is 17.2 Å². The van der Waals surface area contributed by atoms with Crippen molar-refractivity contribution in [1.29, 1.82) is 0 Å². The third-order valence-corrected chi connectivity index (χ3v) is 6.49. The minimum atomic E-state index is -0.564. The van der Waals surface area contributed by atoms with Crippen LogP contribution in [0.5, 0.6) is 11.5 Å². The molecule has 1 N–H and O–H groups in total. The van der Waals surface area contributed by atoms with E-state index in [1.165, 1.54) is 11.0 Å². The first-order valence-corrected chi connectivity index (χ1v) is 11.8. The van der Waals surface area contributed by atoms with Crippen molar-refractivity contribution in [1.82, 2.24) is 20.2 Å². The monoisotopic (exact) mass is 498 g/mol.